The number of fused-ring (bicyclic) bond motifs is 2. The minimum Gasteiger partial charge on any atom is -0.493 e. The largest absolute Gasteiger partial charge is 0.493 e. The van der Waals surface area contributed by atoms with Gasteiger partial charge >= 0.3 is 0 Å². The summed E-state index contributed by atoms with van der Waals surface area (Å²) in [4.78, 5) is 25.5. The standard InChI is InChI=1S/C23H18N4O4S2/c1-12-25-17(11-32-12)22(28)27-23-26-15-5-4-13(8-21(15)33-23)31-18-6-7-24-16-10-20(30-3)19(29-2)9-14(16)18/h4-11H,1-3H3,(H,26,27,28). The van der Waals surface area contributed by atoms with Crippen LogP contribution in [-0.2, 0) is 0 Å². The van der Waals surface area contributed by atoms with Crippen LogP contribution in [0.3, 0.4) is 0 Å². The van der Waals surface area contributed by atoms with Gasteiger partial charge in [0.1, 0.15) is 17.2 Å². The summed E-state index contributed by atoms with van der Waals surface area (Å²) < 4.78 is 17.9. The summed E-state index contributed by atoms with van der Waals surface area (Å²) in [7, 11) is 3.17. The zero-order valence-electron chi connectivity index (χ0n) is 17.9. The van der Waals surface area contributed by atoms with Crippen LogP contribution >= 0.6 is 22.7 Å². The zero-order chi connectivity index (χ0) is 22.9. The fourth-order valence-electron chi connectivity index (χ4n) is 3.31. The molecule has 0 spiro atoms. The number of hydrogen-bond donors (Lipinski definition) is 1. The van der Waals surface area contributed by atoms with Crippen molar-refractivity contribution in [3.63, 3.8) is 0 Å². The van der Waals surface area contributed by atoms with Gasteiger partial charge in [0, 0.05) is 29.1 Å². The molecule has 0 unspecified atom stereocenters. The Hall–Kier alpha value is -3.76. The predicted octanol–water partition coefficient (Wildman–Crippen LogP) is 5.67. The number of carbonyl (C=O) groups is 1. The first-order valence-corrected chi connectivity index (χ1v) is 11.6. The van der Waals surface area contributed by atoms with Crippen LogP contribution in [0.1, 0.15) is 15.5 Å². The van der Waals surface area contributed by atoms with Crippen LogP contribution in [0.15, 0.2) is 48.0 Å². The number of amides is 1. The average Bonchev–Trinajstić information content (AvgIpc) is 3.43. The summed E-state index contributed by atoms with van der Waals surface area (Å²) >= 11 is 2.80. The van der Waals surface area contributed by atoms with E-state index in [1.807, 2.05) is 37.3 Å². The fraction of sp³-hybridized carbons (Fsp3) is 0.130. The normalized spacial score (nSPS) is 11.0. The monoisotopic (exact) mass is 478 g/mol. The molecule has 166 valence electrons. The number of hydrogen-bond acceptors (Lipinski definition) is 9. The number of rotatable bonds is 6. The van der Waals surface area contributed by atoms with E-state index in [0.29, 0.717) is 33.8 Å². The molecule has 3 aromatic heterocycles. The van der Waals surface area contributed by atoms with Crippen LogP contribution in [0.2, 0.25) is 0 Å². The van der Waals surface area contributed by atoms with Crippen molar-refractivity contribution in [2.75, 3.05) is 19.5 Å². The molecule has 5 aromatic rings. The second kappa shape index (κ2) is 8.64. The van der Waals surface area contributed by atoms with Crippen molar-refractivity contribution in [1.29, 1.82) is 0 Å². The average molecular weight is 479 g/mol. The maximum atomic E-state index is 12.4. The molecule has 0 saturated heterocycles. The van der Waals surface area contributed by atoms with Gasteiger partial charge in [-0.15, -0.1) is 11.3 Å². The van der Waals surface area contributed by atoms with E-state index in [9.17, 15) is 4.79 Å². The molecule has 0 aliphatic heterocycles. The molecule has 5 rings (SSSR count). The van der Waals surface area contributed by atoms with Gasteiger partial charge in [0.2, 0.25) is 0 Å². The minimum atomic E-state index is -0.275. The summed E-state index contributed by atoms with van der Waals surface area (Å²) in [5.74, 6) is 2.20. The summed E-state index contributed by atoms with van der Waals surface area (Å²) in [6.45, 7) is 1.86. The van der Waals surface area contributed by atoms with Crippen molar-refractivity contribution in [2.24, 2.45) is 0 Å². The van der Waals surface area contributed by atoms with Crippen molar-refractivity contribution >= 4 is 54.8 Å². The van der Waals surface area contributed by atoms with Crippen molar-refractivity contribution in [2.45, 2.75) is 6.92 Å². The van der Waals surface area contributed by atoms with Gasteiger partial charge in [-0.3, -0.25) is 15.1 Å². The van der Waals surface area contributed by atoms with E-state index in [1.165, 1.54) is 22.7 Å². The van der Waals surface area contributed by atoms with Crippen molar-refractivity contribution in [3.8, 4) is 23.0 Å². The van der Waals surface area contributed by atoms with E-state index >= 15 is 0 Å². The number of benzene rings is 2. The van der Waals surface area contributed by atoms with Crippen LogP contribution < -0.4 is 19.5 Å². The first kappa shape index (κ1) is 21.1. The van der Waals surface area contributed by atoms with Gasteiger partial charge in [0.15, 0.2) is 16.6 Å². The quantitative estimate of drug-likeness (QED) is 0.336. The van der Waals surface area contributed by atoms with E-state index in [2.05, 4.69) is 20.3 Å². The summed E-state index contributed by atoms with van der Waals surface area (Å²) in [6.07, 6.45) is 1.68. The van der Waals surface area contributed by atoms with E-state index in [4.69, 9.17) is 14.2 Å². The third kappa shape index (κ3) is 4.18. The smallest absolute Gasteiger partial charge is 0.276 e. The van der Waals surface area contributed by atoms with E-state index in [1.54, 1.807) is 31.9 Å². The van der Waals surface area contributed by atoms with Gasteiger partial charge in [-0.1, -0.05) is 11.3 Å². The fourth-order valence-corrected chi connectivity index (χ4v) is 4.80. The second-order valence-corrected chi connectivity index (χ2v) is 9.08. The number of aryl methyl sites for hydroxylation is 1. The molecule has 10 heteroatoms. The topological polar surface area (TPSA) is 95.5 Å². The minimum absolute atomic E-state index is 0.275. The number of anilines is 1. The Morgan fingerprint density at radius 2 is 1.79 bits per heavy atom. The number of thiazole rings is 2. The van der Waals surface area contributed by atoms with Crippen LogP contribution in [0.25, 0.3) is 21.1 Å². The Balaban J connectivity index is 1.43. The zero-order valence-corrected chi connectivity index (χ0v) is 19.5. The highest BCUT2D eigenvalue weighted by Crippen LogP contribution is 2.38. The molecule has 33 heavy (non-hydrogen) atoms. The van der Waals surface area contributed by atoms with E-state index < -0.39 is 0 Å². The molecule has 0 saturated carbocycles. The van der Waals surface area contributed by atoms with Gasteiger partial charge in [-0.05, 0) is 31.2 Å². The van der Waals surface area contributed by atoms with Gasteiger partial charge in [-0.25, -0.2) is 9.97 Å². The van der Waals surface area contributed by atoms with Gasteiger partial charge < -0.3 is 14.2 Å². The lowest BCUT2D eigenvalue weighted by molar-refractivity contribution is 0.102. The number of nitrogens with zero attached hydrogens (tertiary/aromatic N) is 3. The Kier molecular flexibility index (Phi) is 5.53. The summed E-state index contributed by atoms with van der Waals surface area (Å²) in [6, 6.07) is 11.0. The lowest BCUT2D eigenvalue weighted by Crippen LogP contribution is -2.11. The SMILES string of the molecule is COc1cc2nccc(Oc3ccc4nc(NC(=O)c5csc(C)n5)sc4c3)c2cc1OC. The van der Waals surface area contributed by atoms with Crippen molar-refractivity contribution < 1.29 is 19.0 Å². The molecular weight excluding hydrogens is 460 g/mol. The molecule has 3 heterocycles. The number of methoxy groups -OCH3 is 2. The molecule has 0 aliphatic rings. The van der Waals surface area contributed by atoms with Crippen LogP contribution in [0.4, 0.5) is 5.13 Å². The molecule has 1 N–H and O–H groups in total. The molecule has 0 fully saturated rings. The maximum absolute atomic E-state index is 12.4. The number of nitrogens with one attached hydrogen (secondary N) is 1. The molecule has 2 aromatic carbocycles. The Labute approximate surface area is 196 Å². The summed E-state index contributed by atoms with van der Waals surface area (Å²) in [5.41, 5.74) is 1.88. The van der Waals surface area contributed by atoms with Crippen molar-refractivity contribution in [3.05, 3.63) is 58.7 Å². The summed E-state index contributed by atoms with van der Waals surface area (Å²) in [5, 5.41) is 6.69. The highest BCUT2D eigenvalue weighted by Gasteiger charge is 2.14. The molecule has 0 atom stereocenters. The van der Waals surface area contributed by atoms with Gasteiger partial charge in [0.25, 0.3) is 5.91 Å². The second-order valence-electron chi connectivity index (χ2n) is 6.99. The van der Waals surface area contributed by atoms with Crippen LogP contribution in [-0.4, -0.2) is 35.1 Å². The van der Waals surface area contributed by atoms with Gasteiger partial charge in [0.05, 0.1) is 35.0 Å². The van der Waals surface area contributed by atoms with E-state index in [0.717, 1.165) is 26.1 Å². The Morgan fingerprint density at radius 3 is 2.55 bits per heavy atom. The highest BCUT2D eigenvalue weighted by molar-refractivity contribution is 7.22. The number of pyridine rings is 1. The maximum Gasteiger partial charge on any atom is 0.276 e. The Bertz CT molecular complexity index is 1490. The van der Waals surface area contributed by atoms with Crippen LogP contribution in [0.5, 0.6) is 23.0 Å². The first-order valence-electron chi connectivity index (χ1n) is 9.86. The molecular formula is C23H18N4O4S2. The number of aromatic nitrogens is 3. The number of ether oxygens (including phenoxy) is 3. The lowest BCUT2D eigenvalue weighted by Gasteiger charge is -2.12. The predicted molar refractivity (Wildman–Crippen MR) is 129 cm³/mol. The van der Waals surface area contributed by atoms with Crippen molar-refractivity contribution in [1.82, 2.24) is 15.0 Å². The number of carbonyl (C=O) groups excluding carboxylic acids is 1. The molecule has 0 radical (unpaired) electrons. The van der Waals surface area contributed by atoms with Crippen LogP contribution in [0, 0.1) is 6.92 Å². The highest BCUT2D eigenvalue weighted by atomic mass is 32.1. The third-order valence-electron chi connectivity index (χ3n) is 4.87. The van der Waals surface area contributed by atoms with E-state index in [-0.39, 0.29) is 5.91 Å². The molecule has 0 bridgehead atoms. The van der Waals surface area contributed by atoms with Gasteiger partial charge in [-0.2, -0.15) is 0 Å². The lowest BCUT2D eigenvalue weighted by atomic mass is 10.2. The first-order chi connectivity index (χ1) is 16.0. The Morgan fingerprint density at radius 1 is 0.970 bits per heavy atom. The molecule has 1 amide bonds. The third-order valence-corrected chi connectivity index (χ3v) is 6.57. The molecule has 0 aliphatic carbocycles. The molecule has 8 nitrogen and oxygen atoms in total.